The first-order valence-corrected chi connectivity index (χ1v) is 13.1. The molecule has 0 saturated carbocycles. The maximum absolute atomic E-state index is 13.3. The smallest absolute Gasteiger partial charge is 0.356 e. The van der Waals surface area contributed by atoms with Gasteiger partial charge >= 0.3 is 5.97 Å². The van der Waals surface area contributed by atoms with Crippen molar-refractivity contribution in [3.05, 3.63) is 99.2 Å². The molecule has 2 heterocycles. The summed E-state index contributed by atoms with van der Waals surface area (Å²) in [5.41, 5.74) is 2.29. The van der Waals surface area contributed by atoms with E-state index in [1.165, 1.54) is 23.0 Å². The molecule has 3 aromatic carbocycles. The lowest BCUT2D eigenvalue weighted by Gasteiger charge is -2.16. The van der Waals surface area contributed by atoms with Gasteiger partial charge in [0.15, 0.2) is 11.7 Å². The van der Waals surface area contributed by atoms with E-state index in [1.54, 1.807) is 61.0 Å². The summed E-state index contributed by atoms with van der Waals surface area (Å²) in [6.07, 6.45) is 0. The number of nitrogens with zero attached hydrogens (tertiary/aromatic N) is 2. The number of hydrogen-bond donors (Lipinski definition) is 1. The topological polar surface area (TPSA) is 99.5 Å². The Balaban J connectivity index is 1.39. The molecule has 8 nitrogen and oxygen atoms in total. The minimum absolute atomic E-state index is 0.0292. The lowest BCUT2D eigenvalue weighted by Crippen LogP contribution is -2.28. The van der Waals surface area contributed by atoms with E-state index in [4.69, 9.17) is 21.1 Å². The number of pyridine rings is 1. The van der Waals surface area contributed by atoms with Crippen LogP contribution in [0, 0.1) is 0 Å². The second kappa shape index (κ2) is 11.1. The number of amides is 1. The SMILES string of the molecule is COc1ccccc1-c1csc(NC(=O)COC(=O)c2c(-c3ccc(Cl)cc3)c3ccccc3c(=O)n2C)n1. The van der Waals surface area contributed by atoms with Crippen LogP contribution in [-0.2, 0) is 16.6 Å². The summed E-state index contributed by atoms with van der Waals surface area (Å²) in [6.45, 7) is -0.566. The molecular formula is C29H22ClN3O5S. The number of para-hydroxylation sites is 1. The van der Waals surface area contributed by atoms with E-state index in [0.717, 1.165) is 5.56 Å². The largest absolute Gasteiger partial charge is 0.496 e. The van der Waals surface area contributed by atoms with Gasteiger partial charge in [-0.2, -0.15) is 0 Å². The highest BCUT2D eigenvalue weighted by Crippen LogP contribution is 2.33. The average molecular weight is 560 g/mol. The van der Waals surface area contributed by atoms with Crippen LogP contribution in [0.25, 0.3) is 33.2 Å². The van der Waals surface area contributed by atoms with Gasteiger partial charge < -0.3 is 14.0 Å². The summed E-state index contributed by atoms with van der Waals surface area (Å²) in [6, 6.07) is 21.4. The molecule has 10 heteroatoms. The van der Waals surface area contributed by atoms with E-state index in [1.807, 2.05) is 24.3 Å². The third-order valence-electron chi connectivity index (χ3n) is 6.10. The van der Waals surface area contributed by atoms with Crippen molar-refractivity contribution < 1.29 is 19.1 Å². The zero-order chi connectivity index (χ0) is 27.5. The van der Waals surface area contributed by atoms with E-state index in [9.17, 15) is 14.4 Å². The average Bonchev–Trinajstić information content (AvgIpc) is 3.42. The van der Waals surface area contributed by atoms with E-state index >= 15 is 0 Å². The molecule has 2 aromatic heterocycles. The van der Waals surface area contributed by atoms with Crippen molar-refractivity contribution in [1.82, 2.24) is 9.55 Å². The summed E-state index contributed by atoms with van der Waals surface area (Å²) < 4.78 is 12.0. The lowest BCUT2D eigenvalue weighted by atomic mass is 9.97. The van der Waals surface area contributed by atoms with Crippen LogP contribution in [0.4, 0.5) is 5.13 Å². The van der Waals surface area contributed by atoms with Gasteiger partial charge in [-0.3, -0.25) is 14.9 Å². The van der Waals surface area contributed by atoms with Crippen molar-refractivity contribution >= 4 is 50.7 Å². The molecule has 0 saturated heterocycles. The second-order valence-corrected chi connectivity index (χ2v) is 9.80. The van der Waals surface area contributed by atoms with Crippen molar-refractivity contribution in [3.8, 4) is 28.1 Å². The minimum Gasteiger partial charge on any atom is -0.496 e. The molecular weight excluding hydrogens is 538 g/mol. The predicted molar refractivity (Wildman–Crippen MR) is 153 cm³/mol. The Morgan fingerprint density at radius 2 is 1.69 bits per heavy atom. The number of esters is 1. The molecule has 0 bridgehead atoms. The number of carbonyl (C=O) groups excluding carboxylic acids is 2. The molecule has 0 radical (unpaired) electrons. The number of methoxy groups -OCH3 is 1. The molecule has 5 rings (SSSR count). The quantitative estimate of drug-likeness (QED) is 0.253. The fraction of sp³-hybridized carbons (Fsp3) is 0.103. The molecule has 1 N–H and O–H groups in total. The lowest BCUT2D eigenvalue weighted by molar-refractivity contribution is -0.119. The van der Waals surface area contributed by atoms with E-state index in [2.05, 4.69) is 10.3 Å². The number of benzene rings is 3. The van der Waals surface area contributed by atoms with Crippen LogP contribution >= 0.6 is 22.9 Å². The summed E-state index contributed by atoms with van der Waals surface area (Å²) in [5.74, 6) is -0.718. The van der Waals surface area contributed by atoms with Gasteiger partial charge in [-0.15, -0.1) is 11.3 Å². The van der Waals surface area contributed by atoms with Gasteiger partial charge in [-0.1, -0.05) is 54.1 Å². The maximum Gasteiger partial charge on any atom is 0.356 e. The molecule has 0 aliphatic carbocycles. The fourth-order valence-corrected chi connectivity index (χ4v) is 5.13. The van der Waals surface area contributed by atoms with Crippen molar-refractivity contribution in [1.29, 1.82) is 0 Å². The third kappa shape index (κ3) is 5.27. The first-order chi connectivity index (χ1) is 18.9. The predicted octanol–water partition coefficient (Wildman–Crippen LogP) is 5.79. The molecule has 196 valence electrons. The van der Waals surface area contributed by atoms with Crippen LogP contribution in [-0.4, -0.2) is 35.1 Å². The molecule has 39 heavy (non-hydrogen) atoms. The Morgan fingerprint density at radius 1 is 1.00 bits per heavy atom. The zero-order valence-electron chi connectivity index (χ0n) is 20.9. The molecule has 5 aromatic rings. The first-order valence-electron chi connectivity index (χ1n) is 11.8. The van der Waals surface area contributed by atoms with Crippen LogP contribution in [0.1, 0.15) is 10.5 Å². The van der Waals surface area contributed by atoms with Crippen molar-refractivity contribution in [2.75, 3.05) is 19.0 Å². The van der Waals surface area contributed by atoms with Crippen LogP contribution in [0.3, 0.4) is 0 Å². The minimum atomic E-state index is -0.811. The number of carbonyl (C=O) groups is 2. The number of thiazole rings is 1. The summed E-state index contributed by atoms with van der Waals surface area (Å²) in [4.78, 5) is 43.5. The van der Waals surface area contributed by atoms with Crippen molar-refractivity contribution in [2.24, 2.45) is 7.05 Å². The maximum atomic E-state index is 13.3. The van der Waals surface area contributed by atoms with Crippen LogP contribution < -0.4 is 15.6 Å². The molecule has 0 fully saturated rings. The normalized spacial score (nSPS) is 10.8. The Hall–Kier alpha value is -4.47. The number of hydrogen-bond acceptors (Lipinski definition) is 7. The van der Waals surface area contributed by atoms with Gasteiger partial charge in [-0.25, -0.2) is 9.78 Å². The van der Waals surface area contributed by atoms with Gasteiger partial charge in [0.1, 0.15) is 11.4 Å². The number of rotatable bonds is 7. The van der Waals surface area contributed by atoms with Crippen LogP contribution in [0.5, 0.6) is 5.75 Å². The number of fused-ring (bicyclic) bond motifs is 1. The number of halogens is 1. The van der Waals surface area contributed by atoms with Crippen molar-refractivity contribution in [3.63, 3.8) is 0 Å². The fourth-order valence-electron chi connectivity index (χ4n) is 4.28. The standard InChI is InChI=1S/C29H22ClN3O5S/c1-33-26(25(17-11-13-18(30)14-12-17)19-7-3-4-8-20(19)27(33)35)28(36)38-15-24(34)32-29-31-22(16-39-29)21-9-5-6-10-23(21)37-2/h3-14,16H,15H2,1-2H3,(H,31,32,34). The third-order valence-corrected chi connectivity index (χ3v) is 7.11. The van der Waals surface area contributed by atoms with Gasteiger partial charge in [0, 0.05) is 34.0 Å². The van der Waals surface area contributed by atoms with Gasteiger partial charge in [0.05, 0.1) is 12.8 Å². The zero-order valence-corrected chi connectivity index (χ0v) is 22.5. The highest BCUT2D eigenvalue weighted by Gasteiger charge is 2.24. The van der Waals surface area contributed by atoms with E-state index in [0.29, 0.717) is 43.5 Å². The molecule has 0 aliphatic heterocycles. The van der Waals surface area contributed by atoms with E-state index in [-0.39, 0.29) is 11.3 Å². The first kappa shape index (κ1) is 26.1. The Morgan fingerprint density at radius 3 is 2.44 bits per heavy atom. The number of aromatic nitrogens is 2. The second-order valence-electron chi connectivity index (χ2n) is 8.50. The van der Waals surface area contributed by atoms with Crippen LogP contribution in [0.2, 0.25) is 5.02 Å². The van der Waals surface area contributed by atoms with E-state index < -0.39 is 18.5 Å². The van der Waals surface area contributed by atoms with Gasteiger partial charge in [0.25, 0.3) is 11.5 Å². The summed E-state index contributed by atoms with van der Waals surface area (Å²) in [7, 11) is 3.08. The molecule has 1 amide bonds. The Kier molecular flexibility index (Phi) is 7.44. The van der Waals surface area contributed by atoms with Gasteiger partial charge in [0.2, 0.25) is 0 Å². The number of ether oxygens (including phenoxy) is 2. The van der Waals surface area contributed by atoms with Crippen molar-refractivity contribution in [2.45, 2.75) is 0 Å². The Labute approximate surface area is 232 Å². The van der Waals surface area contributed by atoms with Gasteiger partial charge in [-0.05, 0) is 41.3 Å². The molecule has 0 unspecified atom stereocenters. The summed E-state index contributed by atoms with van der Waals surface area (Å²) >= 11 is 7.31. The highest BCUT2D eigenvalue weighted by atomic mass is 35.5. The van der Waals surface area contributed by atoms with Crippen LogP contribution in [0.15, 0.2) is 83.0 Å². The monoisotopic (exact) mass is 559 g/mol. The number of nitrogens with one attached hydrogen (secondary N) is 1. The Bertz CT molecular complexity index is 1760. The summed E-state index contributed by atoms with van der Waals surface area (Å²) in [5, 5.41) is 6.36. The number of anilines is 1. The molecule has 0 atom stereocenters. The molecule has 0 spiro atoms. The highest BCUT2D eigenvalue weighted by molar-refractivity contribution is 7.14. The molecule has 0 aliphatic rings.